The van der Waals surface area contributed by atoms with Crippen LogP contribution in [0.4, 0.5) is 8.78 Å². The van der Waals surface area contributed by atoms with Gasteiger partial charge in [-0.15, -0.1) is 0 Å². The molecule has 2 aromatic heterocycles. The fourth-order valence-electron chi connectivity index (χ4n) is 3.38. The molecule has 0 radical (unpaired) electrons. The van der Waals surface area contributed by atoms with Gasteiger partial charge in [-0.3, -0.25) is 0 Å². The van der Waals surface area contributed by atoms with E-state index in [1.165, 1.54) is 17.0 Å². The second-order valence-corrected chi connectivity index (χ2v) is 6.43. The van der Waals surface area contributed by atoms with Crippen molar-refractivity contribution >= 4 is 11.0 Å². The third kappa shape index (κ3) is 2.85. The summed E-state index contributed by atoms with van der Waals surface area (Å²) in [6.45, 7) is 0. The molecule has 1 aliphatic rings. The Morgan fingerprint density at radius 2 is 2.00 bits per heavy atom. The molecule has 148 valence electrons. The molecule has 1 saturated heterocycles. The molecule has 1 fully saturated rings. The highest BCUT2D eigenvalue weighted by molar-refractivity contribution is 5.74. The number of nitrogens with zero attached hydrogens (tertiary/aromatic N) is 3. The highest BCUT2D eigenvalue weighted by Crippen LogP contribution is 2.37. The quantitative estimate of drug-likeness (QED) is 0.307. The summed E-state index contributed by atoms with van der Waals surface area (Å²) < 4.78 is 33.8. The van der Waals surface area contributed by atoms with Gasteiger partial charge < -0.3 is 35.5 Å². The fourth-order valence-corrected chi connectivity index (χ4v) is 3.38. The molecule has 6 N–H and O–H groups in total. The molecule has 11 heteroatoms. The van der Waals surface area contributed by atoms with Crippen LogP contribution in [0.15, 0.2) is 41.9 Å². The number of nitrogens with one attached hydrogen (secondary N) is 1. The second-order valence-electron chi connectivity index (χ2n) is 6.43. The van der Waals surface area contributed by atoms with Gasteiger partial charge in [-0.05, 0) is 23.8 Å². The van der Waals surface area contributed by atoms with E-state index in [9.17, 15) is 24.1 Å². The lowest BCUT2D eigenvalue weighted by molar-refractivity contribution is -0.0849. The molecular formula is C17H17F2N5O4. The van der Waals surface area contributed by atoms with Gasteiger partial charge in [0.25, 0.3) is 0 Å². The van der Waals surface area contributed by atoms with Gasteiger partial charge in [0.2, 0.25) is 0 Å². The largest absolute Gasteiger partial charge is 0.387 e. The maximum absolute atomic E-state index is 13.5. The zero-order valence-corrected chi connectivity index (χ0v) is 14.3. The average Bonchev–Trinajstić information content (AvgIpc) is 3.25. The van der Waals surface area contributed by atoms with E-state index in [0.29, 0.717) is 11.0 Å². The zero-order chi connectivity index (χ0) is 20.0. The maximum Gasteiger partial charge on any atom is 0.183 e. The SMILES string of the molecule is NN=c1nc[nH]c2c1ccn2[C@@H]1O[C@H](C(O)c2ccc(F)c(F)c2)[C@@H](O)[C@H]1O. The van der Waals surface area contributed by atoms with Gasteiger partial charge in [0, 0.05) is 6.20 Å². The summed E-state index contributed by atoms with van der Waals surface area (Å²) in [7, 11) is 0. The van der Waals surface area contributed by atoms with Crippen molar-refractivity contribution in [3.05, 3.63) is 59.5 Å². The zero-order valence-electron chi connectivity index (χ0n) is 14.3. The normalized spacial score (nSPS) is 26.8. The Morgan fingerprint density at radius 1 is 1.21 bits per heavy atom. The van der Waals surface area contributed by atoms with Gasteiger partial charge in [-0.1, -0.05) is 6.07 Å². The number of hydrogen-bond acceptors (Lipinski definition) is 7. The molecule has 0 spiro atoms. The Balaban J connectivity index is 1.67. The smallest absolute Gasteiger partial charge is 0.183 e. The highest BCUT2D eigenvalue weighted by atomic mass is 19.2. The van der Waals surface area contributed by atoms with Gasteiger partial charge >= 0.3 is 0 Å². The first kappa shape index (κ1) is 18.5. The third-order valence-corrected chi connectivity index (χ3v) is 4.81. The lowest BCUT2D eigenvalue weighted by Gasteiger charge is -2.21. The van der Waals surface area contributed by atoms with Crippen LogP contribution < -0.4 is 11.3 Å². The number of aromatic amines is 1. The van der Waals surface area contributed by atoms with Crippen LogP contribution in [0.5, 0.6) is 0 Å². The Kier molecular flexibility index (Phi) is 4.59. The molecule has 5 atom stereocenters. The number of aliphatic hydroxyl groups is 3. The summed E-state index contributed by atoms with van der Waals surface area (Å²) in [5, 5.41) is 35.5. The number of aromatic nitrogens is 3. The minimum Gasteiger partial charge on any atom is -0.387 e. The van der Waals surface area contributed by atoms with Crippen molar-refractivity contribution in [2.45, 2.75) is 30.6 Å². The van der Waals surface area contributed by atoms with Crippen LogP contribution in [0.1, 0.15) is 17.9 Å². The van der Waals surface area contributed by atoms with Crippen molar-refractivity contribution < 1.29 is 28.8 Å². The van der Waals surface area contributed by atoms with E-state index in [0.717, 1.165) is 12.1 Å². The summed E-state index contributed by atoms with van der Waals surface area (Å²) in [5.74, 6) is 3.10. The van der Waals surface area contributed by atoms with Gasteiger partial charge in [-0.2, -0.15) is 5.10 Å². The summed E-state index contributed by atoms with van der Waals surface area (Å²) in [6, 6.07) is 4.50. The first-order valence-corrected chi connectivity index (χ1v) is 8.35. The highest BCUT2D eigenvalue weighted by Gasteiger charge is 2.47. The molecule has 0 amide bonds. The van der Waals surface area contributed by atoms with E-state index < -0.39 is 42.3 Å². The number of H-pyrrole nitrogens is 1. The average molecular weight is 393 g/mol. The number of benzene rings is 1. The summed E-state index contributed by atoms with van der Waals surface area (Å²) >= 11 is 0. The minimum absolute atomic E-state index is 0.00754. The van der Waals surface area contributed by atoms with Crippen LogP contribution in [0, 0.1) is 11.6 Å². The maximum atomic E-state index is 13.5. The van der Waals surface area contributed by atoms with Gasteiger partial charge in [0.05, 0.1) is 11.7 Å². The number of fused-ring (bicyclic) bond motifs is 1. The summed E-state index contributed by atoms with van der Waals surface area (Å²) in [4.78, 5) is 6.86. The molecule has 0 saturated carbocycles. The van der Waals surface area contributed by atoms with Crippen molar-refractivity contribution in [3.63, 3.8) is 0 Å². The number of aliphatic hydroxyl groups excluding tert-OH is 3. The Labute approximate surface area is 156 Å². The van der Waals surface area contributed by atoms with Crippen molar-refractivity contribution in [1.82, 2.24) is 14.5 Å². The van der Waals surface area contributed by atoms with Crippen LogP contribution in [0.3, 0.4) is 0 Å². The van der Waals surface area contributed by atoms with E-state index in [4.69, 9.17) is 10.6 Å². The first-order valence-electron chi connectivity index (χ1n) is 8.35. The predicted molar refractivity (Wildman–Crippen MR) is 91.1 cm³/mol. The van der Waals surface area contributed by atoms with E-state index in [1.54, 1.807) is 12.3 Å². The Bertz CT molecular complexity index is 1080. The van der Waals surface area contributed by atoms with Crippen LogP contribution in [0.25, 0.3) is 11.0 Å². The molecule has 3 heterocycles. The first-order chi connectivity index (χ1) is 13.4. The monoisotopic (exact) mass is 393 g/mol. The van der Waals surface area contributed by atoms with E-state index in [1.807, 2.05) is 0 Å². The molecule has 3 aromatic rings. The molecule has 1 unspecified atom stereocenters. The van der Waals surface area contributed by atoms with E-state index >= 15 is 0 Å². The summed E-state index contributed by atoms with van der Waals surface area (Å²) in [6.07, 6.45) is -3.79. The van der Waals surface area contributed by atoms with Crippen LogP contribution in [0.2, 0.25) is 0 Å². The lowest BCUT2D eigenvalue weighted by Crippen LogP contribution is -2.34. The molecule has 1 aliphatic heterocycles. The number of hydrogen-bond donors (Lipinski definition) is 5. The van der Waals surface area contributed by atoms with Gasteiger partial charge in [0.1, 0.15) is 30.1 Å². The minimum atomic E-state index is -1.49. The van der Waals surface area contributed by atoms with Crippen LogP contribution in [-0.2, 0) is 4.74 Å². The fraction of sp³-hybridized carbons (Fsp3) is 0.294. The lowest BCUT2D eigenvalue weighted by atomic mass is 9.99. The second kappa shape index (κ2) is 6.95. The Hall–Kier alpha value is -2.86. The molecule has 0 bridgehead atoms. The van der Waals surface area contributed by atoms with Crippen molar-refractivity contribution in [2.24, 2.45) is 10.9 Å². The van der Waals surface area contributed by atoms with Crippen molar-refractivity contribution in [2.75, 3.05) is 0 Å². The molecule has 28 heavy (non-hydrogen) atoms. The number of ether oxygens (including phenoxy) is 1. The van der Waals surface area contributed by atoms with Crippen LogP contribution >= 0.6 is 0 Å². The topological polar surface area (TPSA) is 142 Å². The summed E-state index contributed by atoms with van der Waals surface area (Å²) in [5.41, 5.74) is 0.741. The van der Waals surface area contributed by atoms with Gasteiger partial charge in [0.15, 0.2) is 23.4 Å². The van der Waals surface area contributed by atoms with Crippen molar-refractivity contribution in [1.29, 1.82) is 0 Å². The molecule has 9 nitrogen and oxygen atoms in total. The molecular weight excluding hydrogens is 376 g/mol. The molecule has 4 rings (SSSR count). The molecule has 1 aromatic carbocycles. The predicted octanol–water partition coefficient (Wildman–Crippen LogP) is -0.230. The van der Waals surface area contributed by atoms with Crippen molar-refractivity contribution in [3.8, 4) is 0 Å². The number of nitrogens with two attached hydrogens (primary N) is 1. The van der Waals surface area contributed by atoms with E-state index in [2.05, 4.69) is 15.1 Å². The third-order valence-electron chi connectivity index (χ3n) is 4.81. The van der Waals surface area contributed by atoms with Crippen LogP contribution in [-0.4, -0.2) is 48.2 Å². The standard InChI is InChI=1S/C17H17F2N5O4/c18-9-2-1-7(5-10(9)19)11(25)14-12(26)13(27)17(28-14)24-4-3-8-15(23-20)21-6-22-16(8)24/h1-6,11-14,17,25-27H,20H2,(H,21,22,23)/t11?,12-,13+,14+,17+/m0/s1. The molecule has 0 aliphatic carbocycles. The van der Waals surface area contributed by atoms with E-state index in [-0.39, 0.29) is 11.1 Å². The number of halogens is 2. The Morgan fingerprint density at radius 3 is 2.71 bits per heavy atom. The van der Waals surface area contributed by atoms with Gasteiger partial charge in [-0.25, -0.2) is 13.8 Å². The number of rotatable bonds is 3.